The number of aryl methyl sites for hydroxylation is 1. The molecule has 0 fully saturated rings. The van der Waals surface area contributed by atoms with Crippen LogP contribution in [0.4, 0.5) is 11.4 Å². The van der Waals surface area contributed by atoms with E-state index in [9.17, 15) is 0 Å². The third kappa shape index (κ3) is 1.74. The number of anilines is 2. The number of nitrogens with one attached hydrogen (secondary N) is 1. The van der Waals surface area contributed by atoms with Crippen LogP contribution >= 0.6 is 0 Å². The third-order valence-electron chi connectivity index (χ3n) is 2.66. The van der Waals surface area contributed by atoms with Crippen molar-refractivity contribution < 1.29 is 0 Å². The molecule has 0 bridgehead atoms. The van der Waals surface area contributed by atoms with Crippen molar-refractivity contribution in [1.82, 2.24) is 0 Å². The number of benzene rings is 1. The summed E-state index contributed by atoms with van der Waals surface area (Å²) in [4.78, 5) is 0. The monoisotopic (exact) mass is 188 g/mol. The molecule has 2 heteroatoms. The number of para-hydroxylation sites is 1. The van der Waals surface area contributed by atoms with E-state index < -0.39 is 0 Å². The zero-order valence-electron chi connectivity index (χ0n) is 8.46. The second-order valence-corrected chi connectivity index (χ2v) is 3.82. The van der Waals surface area contributed by atoms with E-state index in [4.69, 9.17) is 5.73 Å². The second kappa shape index (κ2) is 3.74. The lowest BCUT2D eigenvalue weighted by atomic mass is 10.1. The Kier molecular flexibility index (Phi) is 2.44. The molecule has 0 aromatic heterocycles. The van der Waals surface area contributed by atoms with Gasteiger partial charge in [-0.1, -0.05) is 24.3 Å². The molecule has 0 aliphatic heterocycles. The molecule has 2 rings (SSSR count). The predicted molar refractivity (Wildman–Crippen MR) is 61.4 cm³/mol. The summed E-state index contributed by atoms with van der Waals surface area (Å²) in [6.07, 6.45) is 6.64. The maximum Gasteiger partial charge on any atom is 0.0605 e. The molecule has 1 aromatic carbocycles. The Balaban J connectivity index is 2.15. The van der Waals surface area contributed by atoms with Crippen LogP contribution in [-0.4, -0.2) is 6.04 Å². The Labute approximate surface area is 84.8 Å². The summed E-state index contributed by atoms with van der Waals surface area (Å²) < 4.78 is 0. The predicted octanol–water partition coefficient (Wildman–Crippen LogP) is 2.71. The summed E-state index contributed by atoms with van der Waals surface area (Å²) >= 11 is 0. The Morgan fingerprint density at radius 2 is 2.00 bits per heavy atom. The van der Waals surface area contributed by atoms with E-state index in [1.54, 1.807) is 0 Å². The fourth-order valence-corrected chi connectivity index (χ4v) is 1.83. The first-order valence-electron chi connectivity index (χ1n) is 5.04. The Morgan fingerprint density at radius 1 is 1.29 bits per heavy atom. The SMILES string of the molecule is Cc1cccc(N)c1NC1CC=CC1. The Bertz CT molecular complexity index is 327. The van der Waals surface area contributed by atoms with Crippen LogP contribution < -0.4 is 11.1 Å². The van der Waals surface area contributed by atoms with Crippen molar-refractivity contribution in [3.05, 3.63) is 35.9 Å². The molecular formula is C12H16N2. The molecule has 0 spiro atoms. The fraction of sp³-hybridized carbons (Fsp3) is 0.333. The Hall–Kier alpha value is -1.44. The van der Waals surface area contributed by atoms with Crippen molar-refractivity contribution in [3.8, 4) is 0 Å². The van der Waals surface area contributed by atoms with Gasteiger partial charge in [0, 0.05) is 6.04 Å². The van der Waals surface area contributed by atoms with Crippen LogP contribution in [-0.2, 0) is 0 Å². The van der Waals surface area contributed by atoms with Crippen LogP contribution in [0.15, 0.2) is 30.4 Å². The van der Waals surface area contributed by atoms with Gasteiger partial charge in [-0.15, -0.1) is 0 Å². The summed E-state index contributed by atoms with van der Waals surface area (Å²) in [5.41, 5.74) is 9.08. The van der Waals surface area contributed by atoms with Crippen LogP contribution in [0.5, 0.6) is 0 Å². The van der Waals surface area contributed by atoms with Gasteiger partial charge in [0.2, 0.25) is 0 Å². The molecule has 0 saturated heterocycles. The number of nitrogens with two attached hydrogens (primary N) is 1. The van der Waals surface area contributed by atoms with Gasteiger partial charge in [-0.05, 0) is 31.4 Å². The minimum absolute atomic E-state index is 0.526. The van der Waals surface area contributed by atoms with Crippen LogP contribution in [0.2, 0.25) is 0 Å². The van der Waals surface area contributed by atoms with Gasteiger partial charge < -0.3 is 11.1 Å². The van der Waals surface area contributed by atoms with Crippen molar-refractivity contribution >= 4 is 11.4 Å². The van der Waals surface area contributed by atoms with Crippen LogP contribution in [0.25, 0.3) is 0 Å². The summed E-state index contributed by atoms with van der Waals surface area (Å²) in [6, 6.07) is 6.54. The molecule has 0 radical (unpaired) electrons. The molecule has 1 aliphatic carbocycles. The average Bonchev–Trinajstić information content (AvgIpc) is 2.64. The van der Waals surface area contributed by atoms with Crippen LogP contribution in [0.3, 0.4) is 0 Å². The largest absolute Gasteiger partial charge is 0.397 e. The minimum Gasteiger partial charge on any atom is -0.397 e. The van der Waals surface area contributed by atoms with Crippen LogP contribution in [0, 0.1) is 6.92 Å². The van der Waals surface area contributed by atoms with E-state index in [0.717, 1.165) is 24.2 Å². The highest BCUT2D eigenvalue weighted by Gasteiger charge is 2.11. The molecule has 14 heavy (non-hydrogen) atoms. The van der Waals surface area contributed by atoms with Gasteiger partial charge in [0.05, 0.1) is 11.4 Å². The van der Waals surface area contributed by atoms with Crippen LogP contribution in [0.1, 0.15) is 18.4 Å². The van der Waals surface area contributed by atoms with Gasteiger partial charge in [-0.2, -0.15) is 0 Å². The van der Waals surface area contributed by atoms with E-state index in [1.807, 2.05) is 12.1 Å². The lowest BCUT2D eigenvalue weighted by molar-refractivity contribution is 0.786. The minimum atomic E-state index is 0.526. The van der Waals surface area contributed by atoms with Gasteiger partial charge in [-0.25, -0.2) is 0 Å². The normalized spacial score (nSPS) is 16.1. The molecule has 2 nitrogen and oxygen atoms in total. The van der Waals surface area contributed by atoms with Gasteiger partial charge >= 0.3 is 0 Å². The summed E-state index contributed by atoms with van der Waals surface area (Å²) in [7, 11) is 0. The maximum absolute atomic E-state index is 5.92. The molecule has 0 amide bonds. The number of rotatable bonds is 2. The van der Waals surface area contributed by atoms with Crippen molar-refractivity contribution in [3.63, 3.8) is 0 Å². The highest BCUT2D eigenvalue weighted by molar-refractivity contribution is 5.70. The maximum atomic E-state index is 5.92. The van der Waals surface area contributed by atoms with Crippen molar-refractivity contribution in [2.24, 2.45) is 0 Å². The molecule has 0 saturated carbocycles. The zero-order chi connectivity index (χ0) is 9.97. The zero-order valence-corrected chi connectivity index (χ0v) is 8.46. The molecular weight excluding hydrogens is 172 g/mol. The lowest BCUT2D eigenvalue weighted by Gasteiger charge is -2.17. The van der Waals surface area contributed by atoms with Gasteiger partial charge in [-0.3, -0.25) is 0 Å². The first-order chi connectivity index (χ1) is 6.77. The summed E-state index contributed by atoms with van der Waals surface area (Å²) in [5.74, 6) is 0. The third-order valence-corrected chi connectivity index (χ3v) is 2.66. The summed E-state index contributed by atoms with van der Waals surface area (Å²) in [6.45, 7) is 2.08. The van der Waals surface area contributed by atoms with E-state index in [-0.39, 0.29) is 0 Å². The smallest absolute Gasteiger partial charge is 0.0605 e. The van der Waals surface area contributed by atoms with E-state index in [1.165, 1.54) is 5.56 Å². The van der Waals surface area contributed by atoms with Gasteiger partial charge in [0.25, 0.3) is 0 Å². The molecule has 0 unspecified atom stereocenters. The molecule has 74 valence electrons. The highest BCUT2D eigenvalue weighted by Crippen LogP contribution is 2.25. The second-order valence-electron chi connectivity index (χ2n) is 3.82. The fourth-order valence-electron chi connectivity index (χ4n) is 1.83. The van der Waals surface area contributed by atoms with E-state index in [2.05, 4.69) is 30.5 Å². The standard InChI is InChI=1S/C12H16N2/c1-9-5-4-8-11(13)12(9)14-10-6-2-3-7-10/h2-5,8,10,14H,6-7,13H2,1H3. The quantitative estimate of drug-likeness (QED) is 0.553. The number of nitrogen functional groups attached to an aromatic ring is 1. The highest BCUT2D eigenvalue weighted by atomic mass is 14.9. The molecule has 1 aliphatic rings. The van der Waals surface area contributed by atoms with Crippen molar-refractivity contribution in [2.75, 3.05) is 11.1 Å². The molecule has 3 N–H and O–H groups in total. The molecule has 0 atom stereocenters. The Morgan fingerprint density at radius 3 is 2.64 bits per heavy atom. The van der Waals surface area contributed by atoms with Gasteiger partial charge in [0.15, 0.2) is 0 Å². The summed E-state index contributed by atoms with van der Waals surface area (Å²) in [5, 5.41) is 3.49. The number of hydrogen-bond acceptors (Lipinski definition) is 2. The van der Waals surface area contributed by atoms with E-state index >= 15 is 0 Å². The van der Waals surface area contributed by atoms with Gasteiger partial charge in [0.1, 0.15) is 0 Å². The van der Waals surface area contributed by atoms with Crippen molar-refractivity contribution in [2.45, 2.75) is 25.8 Å². The van der Waals surface area contributed by atoms with E-state index in [0.29, 0.717) is 6.04 Å². The first kappa shape index (κ1) is 9.13. The number of hydrogen-bond donors (Lipinski definition) is 2. The van der Waals surface area contributed by atoms with Crippen molar-refractivity contribution in [1.29, 1.82) is 0 Å². The average molecular weight is 188 g/mol. The molecule has 0 heterocycles. The molecule has 1 aromatic rings. The lowest BCUT2D eigenvalue weighted by Crippen LogP contribution is -2.16. The topological polar surface area (TPSA) is 38.0 Å². The first-order valence-corrected chi connectivity index (χ1v) is 5.04.